The van der Waals surface area contributed by atoms with Gasteiger partial charge in [0.05, 0.1) is 12.1 Å². The molecule has 2 aromatic rings. The summed E-state index contributed by atoms with van der Waals surface area (Å²) in [5.41, 5.74) is 5.89. The Morgan fingerprint density at radius 1 is 1.12 bits per heavy atom. The molecule has 0 spiro atoms. The second-order valence-electron chi connectivity index (χ2n) is 5.98. The van der Waals surface area contributed by atoms with Crippen LogP contribution in [0.15, 0.2) is 28.8 Å². The highest BCUT2D eigenvalue weighted by Gasteiger charge is 2.35. The number of aromatic nitrogens is 2. The van der Waals surface area contributed by atoms with E-state index in [1.54, 1.807) is 0 Å². The van der Waals surface area contributed by atoms with Crippen LogP contribution in [0.4, 0.5) is 0 Å². The maximum atomic E-state index is 6.32. The highest BCUT2D eigenvalue weighted by molar-refractivity contribution is 5.85. The van der Waals surface area contributed by atoms with Crippen LogP contribution >= 0.6 is 12.4 Å². The van der Waals surface area contributed by atoms with Crippen molar-refractivity contribution >= 4 is 12.4 Å². The number of halogens is 1. The maximum Gasteiger partial charge on any atom is 0.264 e. The third-order valence-corrected chi connectivity index (χ3v) is 4.07. The van der Waals surface area contributed by atoms with Crippen LogP contribution in [0.3, 0.4) is 0 Å². The minimum Gasteiger partial charge on any atom is -0.494 e. The Kier molecular flexibility index (Phi) is 6.45. The Morgan fingerprint density at radius 2 is 1.75 bits per heavy atom. The number of benzene rings is 1. The average molecular weight is 354 g/mol. The van der Waals surface area contributed by atoms with Gasteiger partial charge in [0.2, 0.25) is 0 Å². The SMILES string of the molecule is CCCOc1ccc(OCc2nc(C3(N)CCCC3)no2)cc1.Cl. The molecule has 6 nitrogen and oxygen atoms in total. The van der Waals surface area contributed by atoms with Gasteiger partial charge in [0.1, 0.15) is 11.5 Å². The molecule has 0 saturated heterocycles. The molecule has 0 unspecified atom stereocenters. The van der Waals surface area contributed by atoms with Crippen LogP contribution in [-0.2, 0) is 12.1 Å². The lowest BCUT2D eigenvalue weighted by atomic mass is 9.99. The van der Waals surface area contributed by atoms with Gasteiger partial charge in [0.25, 0.3) is 5.89 Å². The van der Waals surface area contributed by atoms with Crippen molar-refractivity contribution in [2.45, 2.75) is 51.2 Å². The van der Waals surface area contributed by atoms with Crippen molar-refractivity contribution in [1.29, 1.82) is 0 Å². The summed E-state index contributed by atoms with van der Waals surface area (Å²) in [7, 11) is 0. The van der Waals surface area contributed by atoms with Crippen LogP contribution in [0.5, 0.6) is 11.5 Å². The van der Waals surface area contributed by atoms with E-state index in [4.69, 9.17) is 19.7 Å². The summed E-state index contributed by atoms with van der Waals surface area (Å²) in [6, 6.07) is 7.50. The molecule has 0 aliphatic heterocycles. The molecule has 1 saturated carbocycles. The van der Waals surface area contributed by atoms with E-state index >= 15 is 0 Å². The van der Waals surface area contributed by atoms with Gasteiger partial charge in [-0.05, 0) is 43.5 Å². The van der Waals surface area contributed by atoms with Gasteiger partial charge in [0.15, 0.2) is 12.4 Å². The fraction of sp³-hybridized carbons (Fsp3) is 0.529. The van der Waals surface area contributed by atoms with Crippen molar-refractivity contribution in [1.82, 2.24) is 10.1 Å². The van der Waals surface area contributed by atoms with Crippen LogP contribution in [0.1, 0.15) is 50.7 Å². The van der Waals surface area contributed by atoms with Crippen molar-refractivity contribution < 1.29 is 14.0 Å². The molecule has 0 amide bonds. The largest absolute Gasteiger partial charge is 0.494 e. The molecular weight excluding hydrogens is 330 g/mol. The van der Waals surface area contributed by atoms with Gasteiger partial charge in [0, 0.05) is 0 Å². The third kappa shape index (κ3) is 4.39. The monoisotopic (exact) mass is 353 g/mol. The molecule has 24 heavy (non-hydrogen) atoms. The highest BCUT2D eigenvalue weighted by atomic mass is 35.5. The summed E-state index contributed by atoms with van der Waals surface area (Å²) >= 11 is 0. The van der Waals surface area contributed by atoms with Gasteiger partial charge in [-0.1, -0.05) is 24.9 Å². The van der Waals surface area contributed by atoms with Crippen molar-refractivity contribution in [3.05, 3.63) is 36.0 Å². The zero-order chi connectivity index (χ0) is 16.1. The first-order valence-corrected chi connectivity index (χ1v) is 8.17. The molecule has 1 heterocycles. The maximum absolute atomic E-state index is 6.32. The van der Waals surface area contributed by atoms with Gasteiger partial charge in [-0.3, -0.25) is 0 Å². The molecule has 1 fully saturated rings. The molecule has 3 rings (SSSR count). The minimum absolute atomic E-state index is 0. The predicted octanol–water partition coefficient (Wildman–Crippen LogP) is 3.59. The number of ether oxygens (including phenoxy) is 2. The van der Waals surface area contributed by atoms with Crippen LogP contribution in [-0.4, -0.2) is 16.7 Å². The number of nitrogens with zero attached hydrogens (tertiary/aromatic N) is 2. The van der Waals surface area contributed by atoms with Gasteiger partial charge >= 0.3 is 0 Å². The first-order valence-electron chi connectivity index (χ1n) is 8.17. The van der Waals surface area contributed by atoms with Crippen molar-refractivity contribution in [2.75, 3.05) is 6.61 Å². The number of hydrogen-bond donors (Lipinski definition) is 1. The summed E-state index contributed by atoms with van der Waals surface area (Å²) in [6.07, 6.45) is 5.03. The van der Waals surface area contributed by atoms with E-state index < -0.39 is 5.54 Å². The third-order valence-electron chi connectivity index (χ3n) is 4.07. The molecule has 1 aliphatic carbocycles. The Hall–Kier alpha value is -1.79. The van der Waals surface area contributed by atoms with Crippen molar-refractivity contribution in [3.63, 3.8) is 0 Å². The minimum atomic E-state index is -0.431. The van der Waals surface area contributed by atoms with E-state index in [0.717, 1.165) is 43.6 Å². The van der Waals surface area contributed by atoms with E-state index in [9.17, 15) is 0 Å². The van der Waals surface area contributed by atoms with Gasteiger partial charge < -0.3 is 19.7 Å². The second kappa shape index (κ2) is 8.35. The lowest BCUT2D eigenvalue weighted by Crippen LogP contribution is -2.34. The molecule has 7 heteroatoms. The van der Waals surface area contributed by atoms with Crippen LogP contribution in [0.25, 0.3) is 0 Å². The van der Waals surface area contributed by atoms with E-state index in [1.807, 2.05) is 24.3 Å². The zero-order valence-corrected chi connectivity index (χ0v) is 14.7. The Morgan fingerprint density at radius 3 is 2.38 bits per heavy atom. The van der Waals surface area contributed by atoms with Gasteiger partial charge in [-0.15, -0.1) is 12.4 Å². The average Bonchev–Trinajstić information content (AvgIpc) is 3.22. The Balaban J connectivity index is 0.00000208. The van der Waals surface area contributed by atoms with Crippen LogP contribution < -0.4 is 15.2 Å². The summed E-state index contributed by atoms with van der Waals surface area (Å²) in [6.45, 7) is 3.03. The summed E-state index contributed by atoms with van der Waals surface area (Å²) in [4.78, 5) is 4.38. The molecule has 2 N–H and O–H groups in total. The lowest BCUT2D eigenvalue weighted by Gasteiger charge is -2.17. The van der Waals surface area contributed by atoms with Crippen LogP contribution in [0, 0.1) is 0 Å². The van der Waals surface area contributed by atoms with E-state index in [0.29, 0.717) is 18.3 Å². The number of hydrogen-bond acceptors (Lipinski definition) is 6. The Bertz CT molecular complexity index is 624. The van der Waals surface area contributed by atoms with Gasteiger partial charge in [-0.25, -0.2) is 0 Å². The lowest BCUT2D eigenvalue weighted by molar-refractivity contribution is 0.241. The molecule has 0 radical (unpaired) electrons. The molecule has 132 valence electrons. The standard InChI is InChI=1S/C17H23N3O3.ClH/c1-2-11-21-13-5-7-14(8-6-13)22-12-15-19-16(20-23-15)17(18)9-3-4-10-17;/h5-8H,2-4,9-12,18H2,1H3;1H. The topological polar surface area (TPSA) is 83.4 Å². The fourth-order valence-corrected chi connectivity index (χ4v) is 2.74. The van der Waals surface area contributed by atoms with E-state index in [-0.39, 0.29) is 19.0 Å². The van der Waals surface area contributed by atoms with Gasteiger partial charge in [-0.2, -0.15) is 4.98 Å². The quantitative estimate of drug-likeness (QED) is 0.819. The predicted molar refractivity (Wildman–Crippen MR) is 92.4 cm³/mol. The van der Waals surface area contributed by atoms with Crippen LogP contribution in [0.2, 0.25) is 0 Å². The Labute approximate surface area is 148 Å². The second-order valence-corrected chi connectivity index (χ2v) is 5.98. The van der Waals surface area contributed by atoms with Crippen molar-refractivity contribution in [2.24, 2.45) is 5.73 Å². The number of rotatable bonds is 7. The molecule has 0 atom stereocenters. The molecule has 1 aliphatic rings. The molecule has 1 aromatic carbocycles. The highest BCUT2D eigenvalue weighted by Crippen LogP contribution is 2.34. The molecular formula is C17H24ClN3O3. The number of nitrogens with two attached hydrogens (primary N) is 1. The van der Waals surface area contributed by atoms with E-state index in [2.05, 4.69) is 17.1 Å². The first kappa shape index (κ1) is 18.5. The molecule has 0 bridgehead atoms. The first-order chi connectivity index (χ1) is 11.2. The molecule has 1 aromatic heterocycles. The zero-order valence-electron chi connectivity index (χ0n) is 13.9. The summed E-state index contributed by atoms with van der Waals surface area (Å²) < 4.78 is 16.5. The smallest absolute Gasteiger partial charge is 0.264 e. The summed E-state index contributed by atoms with van der Waals surface area (Å²) in [5.74, 6) is 2.61. The van der Waals surface area contributed by atoms with Crippen molar-refractivity contribution in [3.8, 4) is 11.5 Å². The summed E-state index contributed by atoms with van der Waals surface area (Å²) in [5, 5.41) is 4.02. The fourth-order valence-electron chi connectivity index (χ4n) is 2.74. The normalized spacial score (nSPS) is 15.8. The van der Waals surface area contributed by atoms with E-state index in [1.165, 1.54) is 0 Å².